The van der Waals surface area contributed by atoms with Crippen LogP contribution in [0.2, 0.25) is 0 Å². The van der Waals surface area contributed by atoms with Crippen LogP contribution in [0.25, 0.3) is 11.1 Å². The monoisotopic (exact) mass is 469 g/mol. The number of rotatable bonds is 7. The van der Waals surface area contributed by atoms with Crippen molar-refractivity contribution in [1.82, 2.24) is 4.98 Å². The Labute approximate surface area is 195 Å². The molecule has 1 unspecified atom stereocenters. The van der Waals surface area contributed by atoms with E-state index in [1.807, 2.05) is 0 Å². The number of methoxy groups -OCH3 is 1. The van der Waals surface area contributed by atoms with Gasteiger partial charge in [0.25, 0.3) is 0 Å². The molecular weight excluding hydrogens is 444 g/mol. The largest absolute Gasteiger partial charge is 0.496 e. The van der Waals surface area contributed by atoms with E-state index in [4.69, 9.17) is 4.74 Å². The highest BCUT2D eigenvalue weighted by Crippen LogP contribution is 2.34. The van der Waals surface area contributed by atoms with Crippen LogP contribution in [-0.2, 0) is 14.4 Å². The average Bonchev–Trinajstić information content (AvgIpc) is 3.69. The zero-order valence-electron chi connectivity index (χ0n) is 18.7. The molecule has 1 aromatic heterocycles. The molecular formula is C25H25F2N3O4. The van der Waals surface area contributed by atoms with Gasteiger partial charge >= 0.3 is 5.91 Å². The maximum Gasteiger partial charge on any atom is 0.312 e. The molecule has 2 fully saturated rings. The number of pyridine rings is 1. The molecule has 0 saturated heterocycles. The number of amides is 2. The van der Waals surface area contributed by atoms with Crippen molar-refractivity contribution in [3.8, 4) is 16.9 Å². The third-order valence-corrected chi connectivity index (χ3v) is 6.21. The van der Waals surface area contributed by atoms with Crippen molar-refractivity contribution in [2.45, 2.75) is 38.5 Å². The summed E-state index contributed by atoms with van der Waals surface area (Å²) in [6, 6.07) is 5.13. The lowest BCUT2D eigenvalue weighted by Crippen LogP contribution is -2.29. The fraction of sp³-hybridized carbons (Fsp3) is 0.400. The maximum atomic E-state index is 14.5. The van der Waals surface area contributed by atoms with Crippen molar-refractivity contribution in [2.24, 2.45) is 22.7 Å². The topological polar surface area (TPSA) is 97.7 Å². The molecule has 34 heavy (non-hydrogen) atoms. The first-order chi connectivity index (χ1) is 16.4. The summed E-state index contributed by atoms with van der Waals surface area (Å²) >= 11 is 0. The third-order valence-electron chi connectivity index (χ3n) is 6.21. The molecule has 2 aliphatic carbocycles. The molecule has 2 aromatic rings. The predicted molar refractivity (Wildman–Crippen MR) is 121 cm³/mol. The normalized spacial score (nSPS) is 20.2. The Morgan fingerprint density at radius 1 is 1.09 bits per heavy atom. The van der Waals surface area contributed by atoms with E-state index in [-0.39, 0.29) is 40.8 Å². The number of Topliss-reactive ketones (excluding diaryl/α,β-unsaturated/α-hetero) is 1. The smallest absolute Gasteiger partial charge is 0.312 e. The number of anilines is 1. The van der Waals surface area contributed by atoms with Gasteiger partial charge in [0, 0.05) is 35.2 Å². The maximum absolute atomic E-state index is 14.5. The lowest BCUT2D eigenvalue weighted by Gasteiger charge is -2.25. The number of halogens is 2. The summed E-state index contributed by atoms with van der Waals surface area (Å²) in [6.45, 7) is 0. The van der Waals surface area contributed by atoms with Crippen LogP contribution in [0.4, 0.5) is 14.6 Å². The zero-order chi connectivity index (χ0) is 24.2. The highest BCUT2D eigenvalue weighted by atomic mass is 19.1. The number of benzene rings is 1. The SMILES string of the molecule is COc1cc(F)ccc1-c1cc(NC(=O)[C@H]2CCCC(C=NC(=O)C(=O)C3CC3)C2)ncc1F. The van der Waals surface area contributed by atoms with Gasteiger partial charge < -0.3 is 10.1 Å². The molecule has 0 spiro atoms. The quantitative estimate of drug-likeness (QED) is 0.480. The molecule has 2 saturated carbocycles. The van der Waals surface area contributed by atoms with Gasteiger partial charge in [-0.3, -0.25) is 14.4 Å². The number of ketones is 1. The van der Waals surface area contributed by atoms with Gasteiger partial charge in [0.1, 0.15) is 23.2 Å². The Morgan fingerprint density at radius 3 is 2.62 bits per heavy atom. The van der Waals surface area contributed by atoms with E-state index in [0.717, 1.165) is 37.9 Å². The number of nitrogens with one attached hydrogen (secondary N) is 1. The fourth-order valence-electron chi connectivity index (χ4n) is 4.19. The number of ether oxygens (including phenoxy) is 1. The molecule has 0 bridgehead atoms. The van der Waals surface area contributed by atoms with E-state index in [9.17, 15) is 23.2 Å². The molecule has 0 radical (unpaired) electrons. The molecule has 9 heteroatoms. The van der Waals surface area contributed by atoms with Crippen LogP contribution in [0.1, 0.15) is 38.5 Å². The molecule has 1 N–H and O–H groups in total. The predicted octanol–water partition coefficient (Wildman–Crippen LogP) is 4.36. The van der Waals surface area contributed by atoms with Crippen LogP contribution >= 0.6 is 0 Å². The first-order valence-electron chi connectivity index (χ1n) is 11.3. The number of carbonyl (C=O) groups excluding carboxylic acids is 3. The fourth-order valence-corrected chi connectivity index (χ4v) is 4.19. The van der Waals surface area contributed by atoms with Gasteiger partial charge in [0.05, 0.1) is 13.3 Å². The number of hydrogen-bond donors (Lipinski definition) is 1. The van der Waals surface area contributed by atoms with Crippen LogP contribution in [0.5, 0.6) is 5.75 Å². The molecule has 2 aliphatic rings. The summed E-state index contributed by atoms with van der Waals surface area (Å²) in [5, 5.41) is 2.73. The molecule has 4 rings (SSSR count). The van der Waals surface area contributed by atoms with E-state index in [2.05, 4.69) is 15.3 Å². The van der Waals surface area contributed by atoms with Gasteiger partial charge in [0.2, 0.25) is 11.7 Å². The lowest BCUT2D eigenvalue weighted by atomic mass is 9.81. The van der Waals surface area contributed by atoms with Crippen molar-refractivity contribution in [1.29, 1.82) is 0 Å². The molecule has 2 atom stereocenters. The minimum Gasteiger partial charge on any atom is -0.496 e. The summed E-state index contributed by atoms with van der Waals surface area (Å²) in [6.07, 6.45) is 6.68. The van der Waals surface area contributed by atoms with Crippen LogP contribution in [-0.4, -0.2) is 35.9 Å². The van der Waals surface area contributed by atoms with Gasteiger partial charge in [-0.15, -0.1) is 0 Å². The van der Waals surface area contributed by atoms with E-state index in [1.165, 1.54) is 31.5 Å². The van der Waals surface area contributed by atoms with Crippen LogP contribution in [0, 0.1) is 29.4 Å². The lowest BCUT2D eigenvalue weighted by molar-refractivity contribution is -0.136. The molecule has 1 aromatic carbocycles. The van der Waals surface area contributed by atoms with E-state index >= 15 is 0 Å². The highest BCUT2D eigenvalue weighted by Gasteiger charge is 2.34. The number of hydrogen-bond acceptors (Lipinski definition) is 5. The summed E-state index contributed by atoms with van der Waals surface area (Å²) in [5.74, 6) is -2.84. The average molecular weight is 469 g/mol. The van der Waals surface area contributed by atoms with Crippen molar-refractivity contribution >= 4 is 29.6 Å². The van der Waals surface area contributed by atoms with E-state index in [0.29, 0.717) is 18.4 Å². The van der Waals surface area contributed by atoms with Gasteiger partial charge in [-0.25, -0.2) is 18.8 Å². The number of nitrogens with zero attached hydrogens (tertiary/aromatic N) is 2. The standard InChI is InChI=1S/C25H25F2N3O4/c1-34-21-10-17(26)7-8-18(21)19-11-22(28-13-20(19)27)30-24(32)16-4-2-3-14(9-16)12-29-25(33)23(31)15-5-6-15/h7-8,10-16H,2-6,9H2,1H3,(H,28,30,32)/t14?,16-/m0/s1. The summed E-state index contributed by atoms with van der Waals surface area (Å²) in [7, 11) is 1.36. The minimum atomic E-state index is -0.715. The van der Waals surface area contributed by atoms with Crippen molar-refractivity contribution in [3.05, 3.63) is 42.1 Å². The third kappa shape index (κ3) is 5.52. The van der Waals surface area contributed by atoms with Crippen molar-refractivity contribution < 1.29 is 27.9 Å². The Kier molecular flexibility index (Phi) is 7.09. The minimum absolute atomic E-state index is 0.0827. The van der Waals surface area contributed by atoms with Gasteiger partial charge in [0.15, 0.2) is 0 Å². The second kappa shape index (κ2) is 10.2. The Bertz CT molecular complexity index is 1150. The Hall–Kier alpha value is -3.49. The first-order valence-corrected chi connectivity index (χ1v) is 11.3. The number of aromatic nitrogens is 1. The summed E-state index contributed by atoms with van der Waals surface area (Å²) in [4.78, 5) is 44.3. The van der Waals surface area contributed by atoms with Crippen LogP contribution < -0.4 is 10.1 Å². The number of aliphatic imine (C=N–C) groups is 1. The number of carbonyl (C=O) groups is 3. The van der Waals surface area contributed by atoms with E-state index in [1.54, 1.807) is 0 Å². The van der Waals surface area contributed by atoms with Gasteiger partial charge in [-0.1, -0.05) is 6.42 Å². The van der Waals surface area contributed by atoms with Crippen LogP contribution in [0.3, 0.4) is 0 Å². The Morgan fingerprint density at radius 2 is 1.88 bits per heavy atom. The second-order valence-corrected chi connectivity index (χ2v) is 8.73. The summed E-state index contributed by atoms with van der Waals surface area (Å²) in [5.41, 5.74) is 0.452. The zero-order valence-corrected chi connectivity index (χ0v) is 18.7. The first kappa shape index (κ1) is 23.7. The highest BCUT2D eigenvalue weighted by molar-refractivity contribution is 6.38. The second-order valence-electron chi connectivity index (χ2n) is 8.73. The van der Waals surface area contributed by atoms with Crippen molar-refractivity contribution in [3.63, 3.8) is 0 Å². The summed E-state index contributed by atoms with van der Waals surface area (Å²) < 4.78 is 33.2. The molecule has 1 heterocycles. The van der Waals surface area contributed by atoms with Gasteiger partial charge in [-0.05, 0) is 56.2 Å². The Balaban J connectivity index is 1.43. The van der Waals surface area contributed by atoms with E-state index < -0.39 is 23.3 Å². The molecule has 178 valence electrons. The van der Waals surface area contributed by atoms with Crippen LogP contribution in [0.15, 0.2) is 35.5 Å². The molecule has 0 aliphatic heterocycles. The molecule has 7 nitrogen and oxygen atoms in total. The van der Waals surface area contributed by atoms with Crippen molar-refractivity contribution in [2.75, 3.05) is 12.4 Å². The van der Waals surface area contributed by atoms with Gasteiger partial charge in [-0.2, -0.15) is 0 Å². The molecule has 2 amide bonds.